The van der Waals surface area contributed by atoms with E-state index in [1.54, 1.807) is 43.3 Å². The number of fused-ring (bicyclic) bond motifs is 1. The number of thiazole rings is 1. The van der Waals surface area contributed by atoms with E-state index >= 15 is 0 Å². The molecule has 0 saturated heterocycles. The molecule has 0 unspecified atom stereocenters. The molecule has 0 fully saturated rings. The maximum Gasteiger partial charge on any atom is 0.338 e. The molecule has 0 spiro atoms. The average molecular weight is 616 g/mol. The molecule has 11 heteroatoms. The molecule has 0 amide bonds. The molecule has 0 radical (unpaired) electrons. The lowest BCUT2D eigenvalue weighted by Gasteiger charge is -2.27. The summed E-state index contributed by atoms with van der Waals surface area (Å²) in [5.74, 6) is 2.98. The summed E-state index contributed by atoms with van der Waals surface area (Å²) in [5.41, 5.74) is 1.60. The van der Waals surface area contributed by atoms with Gasteiger partial charge in [0.1, 0.15) is 18.4 Å². The van der Waals surface area contributed by atoms with Crippen LogP contribution in [-0.4, -0.2) is 38.0 Å². The number of aromatic nitrogens is 1. The lowest BCUT2D eigenvalue weighted by Crippen LogP contribution is -2.40. The molecule has 2 aromatic carbocycles. The molecule has 1 aliphatic rings. The largest absolute Gasteiger partial charge is 0.496 e. The Balaban J connectivity index is 2.00. The van der Waals surface area contributed by atoms with Crippen LogP contribution in [0.5, 0.6) is 17.2 Å². The van der Waals surface area contributed by atoms with Crippen LogP contribution in [0.3, 0.4) is 0 Å². The number of carbonyl (C=O) groups is 1. The third-order valence-electron chi connectivity index (χ3n) is 6.23. The zero-order valence-corrected chi connectivity index (χ0v) is 25.3. The number of nitrogens with zero attached hydrogens (tertiary/aromatic N) is 2. The van der Waals surface area contributed by atoms with Crippen LogP contribution in [0.1, 0.15) is 43.9 Å². The zero-order valence-electron chi connectivity index (χ0n) is 23.0. The van der Waals surface area contributed by atoms with Gasteiger partial charge in [0, 0.05) is 10.6 Å². The van der Waals surface area contributed by atoms with E-state index < -0.39 is 12.0 Å². The second-order valence-corrected chi connectivity index (χ2v) is 10.7. The van der Waals surface area contributed by atoms with Crippen LogP contribution < -0.4 is 29.1 Å². The van der Waals surface area contributed by atoms with Gasteiger partial charge in [-0.05, 0) is 55.3 Å². The van der Waals surface area contributed by atoms with E-state index in [-0.39, 0.29) is 29.4 Å². The number of ether oxygens (including phenoxy) is 4. The number of methoxy groups -OCH3 is 2. The number of esters is 1. The predicted octanol–water partition coefficient (Wildman–Crippen LogP) is 4.91. The molecular weight excluding hydrogens is 587 g/mol. The van der Waals surface area contributed by atoms with Crippen molar-refractivity contribution >= 4 is 46.6 Å². The molecule has 1 atom stereocenters. The molecular formula is C30H28Cl2N2O6S. The Labute approximate surface area is 251 Å². The molecule has 1 aliphatic heterocycles. The second-order valence-electron chi connectivity index (χ2n) is 8.83. The van der Waals surface area contributed by atoms with Gasteiger partial charge in [0.05, 0.1) is 41.7 Å². The summed E-state index contributed by atoms with van der Waals surface area (Å²) in [6.45, 7) is 3.90. The van der Waals surface area contributed by atoms with Gasteiger partial charge in [-0.2, -0.15) is 0 Å². The maximum atomic E-state index is 14.0. The molecule has 214 valence electrons. The second kappa shape index (κ2) is 13.3. The van der Waals surface area contributed by atoms with E-state index in [2.05, 4.69) is 5.92 Å². The van der Waals surface area contributed by atoms with E-state index in [4.69, 9.17) is 53.6 Å². The SMILES string of the molecule is C#CCOc1c(Cl)cc(/C=c2/sc3n(c2=O)[C@@H](c2cc(Cl)ccc2OC)C(C(=O)OCC)=C(CCC)N=3)cc1OC. The maximum absolute atomic E-state index is 14.0. The number of allylic oxidation sites excluding steroid dienone is 1. The van der Waals surface area contributed by atoms with Crippen LogP contribution in [0.15, 0.2) is 51.4 Å². The summed E-state index contributed by atoms with van der Waals surface area (Å²) in [6.07, 6.45) is 8.22. The Morgan fingerprint density at radius 3 is 2.59 bits per heavy atom. The van der Waals surface area contributed by atoms with Gasteiger partial charge in [-0.25, -0.2) is 9.79 Å². The number of rotatable bonds is 10. The minimum atomic E-state index is -0.875. The highest BCUT2D eigenvalue weighted by atomic mass is 35.5. The first-order valence-electron chi connectivity index (χ1n) is 12.8. The van der Waals surface area contributed by atoms with Crippen molar-refractivity contribution in [1.29, 1.82) is 0 Å². The van der Waals surface area contributed by atoms with Gasteiger partial charge in [-0.15, -0.1) is 6.42 Å². The van der Waals surface area contributed by atoms with E-state index in [0.29, 0.717) is 54.8 Å². The molecule has 1 aromatic heterocycles. The monoisotopic (exact) mass is 614 g/mol. The summed E-state index contributed by atoms with van der Waals surface area (Å²) in [6, 6.07) is 7.55. The predicted molar refractivity (Wildman–Crippen MR) is 160 cm³/mol. The first-order valence-corrected chi connectivity index (χ1v) is 14.3. The topological polar surface area (TPSA) is 88.4 Å². The third-order valence-corrected chi connectivity index (χ3v) is 7.73. The van der Waals surface area contributed by atoms with Crippen molar-refractivity contribution in [3.05, 3.63) is 82.5 Å². The molecule has 0 aliphatic carbocycles. The quantitative estimate of drug-likeness (QED) is 0.238. The van der Waals surface area contributed by atoms with Gasteiger partial charge >= 0.3 is 5.97 Å². The fourth-order valence-corrected chi connectivity index (χ4v) is 6.04. The number of carbonyl (C=O) groups excluding carboxylic acids is 1. The van der Waals surface area contributed by atoms with E-state index in [1.165, 1.54) is 30.1 Å². The zero-order chi connectivity index (χ0) is 29.7. The van der Waals surface area contributed by atoms with Crippen molar-refractivity contribution in [3.8, 4) is 29.6 Å². The highest BCUT2D eigenvalue weighted by Crippen LogP contribution is 2.39. The van der Waals surface area contributed by atoms with Crippen molar-refractivity contribution < 1.29 is 23.7 Å². The van der Waals surface area contributed by atoms with Crippen LogP contribution in [-0.2, 0) is 9.53 Å². The van der Waals surface area contributed by atoms with Crippen LogP contribution in [0.2, 0.25) is 10.0 Å². The summed E-state index contributed by atoms with van der Waals surface area (Å²) in [5, 5.41) is 0.698. The van der Waals surface area contributed by atoms with Crippen molar-refractivity contribution in [2.24, 2.45) is 4.99 Å². The van der Waals surface area contributed by atoms with E-state index in [9.17, 15) is 9.59 Å². The molecule has 2 heterocycles. The van der Waals surface area contributed by atoms with Gasteiger partial charge in [-0.3, -0.25) is 9.36 Å². The number of halogens is 2. The van der Waals surface area contributed by atoms with Crippen LogP contribution in [0.25, 0.3) is 6.08 Å². The Bertz CT molecular complexity index is 1730. The smallest absolute Gasteiger partial charge is 0.338 e. The molecule has 3 aromatic rings. The lowest BCUT2D eigenvalue weighted by atomic mass is 9.93. The van der Waals surface area contributed by atoms with Crippen molar-refractivity contribution in [2.45, 2.75) is 32.7 Å². The van der Waals surface area contributed by atoms with Gasteiger partial charge < -0.3 is 18.9 Å². The van der Waals surface area contributed by atoms with Crippen molar-refractivity contribution in [1.82, 2.24) is 4.57 Å². The Morgan fingerprint density at radius 1 is 1.17 bits per heavy atom. The Kier molecular flexibility index (Phi) is 9.81. The molecule has 0 bridgehead atoms. The minimum Gasteiger partial charge on any atom is -0.496 e. The minimum absolute atomic E-state index is 0.0177. The van der Waals surface area contributed by atoms with Gasteiger partial charge in [0.2, 0.25) is 0 Å². The Morgan fingerprint density at radius 2 is 1.93 bits per heavy atom. The third kappa shape index (κ3) is 6.15. The van der Waals surface area contributed by atoms with Gasteiger partial charge in [0.25, 0.3) is 5.56 Å². The number of benzene rings is 2. The molecule has 0 saturated carbocycles. The first kappa shape index (κ1) is 30.3. The Hall–Kier alpha value is -3.71. The summed E-state index contributed by atoms with van der Waals surface area (Å²) < 4.78 is 23.9. The number of hydrogen-bond donors (Lipinski definition) is 0. The highest BCUT2D eigenvalue weighted by Gasteiger charge is 2.36. The normalized spacial score (nSPS) is 14.7. The molecule has 41 heavy (non-hydrogen) atoms. The van der Waals surface area contributed by atoms with Crippen molar-refractivity contribution in [3.63, 3.8) is 0 Å². The van der Waals surface area contributed by atoms with Gasteiger partial charge in [0.15, 0.2) is 16.3 Å². The average Bonchev–Trinajstić information content (AvgIpc) is 3.25. The fourth-order valence-electron chi connectivity index (χ4n) is 4.56. The molecule has 8 nitrogen and oxygen atoms in total. The first-order chi connectivity index (χ1) is 19.8. The number of terminal acetylenes is 1. The van der Waals surface area contributed by atoms with E-state index in [1.807, 2.05) is 6.92 Å². The molecule has 0 N–H and O–H groups in total. The van der Waals surface area contributed by atoms with Gasteiger partial charge in [-0.1, -0.05) is 53.8 Å². The van der Waals surface area contributed by atoms with E-state index in [0.717, 1.165) is 6.42 Å². The lowest BCUT2D eigenvalue weighted by molar-refractivity contribution is -0.139. The standard InChI is InChI=1S/C30H28Cl2N2O6S/c1-6-9-21-25(29(36)39-8-3)26(19-16-18(31)10-11-22(19)37-4)34-28(35)24(41-30(34)33-21)15-17-13-20(32)27(40-12-7-2)23(14-17)38-5/h2,10-11,13-16,26H,6,8-9,12H2,1,3-5H3/b24-15+/t26-/m0/s1. The summed E-state index contributed by atoms with van der Waals surface area (Å²) in [4.78, 5) is 32.6. The summed E-state index contributed by atoms with van der Waals surface area (Å²) in [7, 11) is 3.00. The van der Waals surface area contributed by atoms with Crippen LogP contribution >= 0.6 is 34.5 Å². The van der Waals surface area contributed by atoms with Crippen LogP contribution in [0.4, 0.5) is 0 Å². The highest BCUT2D eigenvalue weighted by molar-refractivity contribution is 7.07. The fraction of sp³-hybridized carbons (Fsp3) is 0.300. The van der Waals surface area contributed by atoms with Crippen molar-refractivity contribution in [2.75, 3.05) is 27.4 Å². The molecule has 4 rings (SSSR count). The number of hydrogen-bond acceptors (Lipinski definition) is 8. The summed E-state index contributed by atoms with van der Waals surface area (Å²) >= 11 is 14.1. The van der Waals surface area contributed by atoms with Crippen LogP contribution in [0, 0.1) is 12.3 Å².